The molecule has 0 amide bonds. The summed E-state index contributed by atoms with van der Waals surface area (Å²) in [6.45, 7) is 0. The van der Waals surface area contributed by atoms with E-state index in [1.807, 2.05) is 36.4 Å². The number of oxazole rings is 1. The minimum Gasteiger partial charge on any atom is -0.456 e. The first kappa shape index (κ1) is 33.0. The van der Waals surface area contributed by atoms with Crippen LogP contribution in [0.2, 0.25) is 0 Å². The Hall–Kier alpha value is -7.43. The number of fused-ring (bicyclic) bond motifs is 5. The summed E-state index contributed by atoms with van der Waals surface area (Å²) < 4.78 is 12.9. The average molecular weight is 733 g/mol. The maximum Gasteiger partial charge on any atom is 0.227 e. The fraction of sp³-hybridized carbons (Fsp3) is 0.0377. The molecule has 0 saturated carbocycles. The van der Waals surface area contributed by atoms with Crippen molar-refractivity contribution in [2.24, 2.45) is 0 Å². The zero-order valence-corrected chi connectivity index (χ0v) is 31.1. The second kappa shape index (κ2) is 13.7. The first-order chi connectivity index (χ1) is 28.2. The van der Waals surface area contributed by atoms with Gasteiger partial charge in [-0.15, -0.1) is 0 Å². The summed E-state index contributed by atoms with van der Waals surface area (Å²) in [6, 6.07) is 66.5. The van der Waals surface area contributed by atoms with E-state index < -0.39 is 0 Å². The molecule has 0 aliphatic heterocycles. The SMILES string of the molecule is C1=c2ccccc2=C(c2cc(N(c3ccc(-c4ccccc4)cc3)c3ccc4c(c3)oc3cc5nc(-c6ccccc6)oc5cc34)ccc2-c2ccccc2)CC1. The Kier molecular flexibility index (Phi) is 7.92. The van der Waals surface area contributed by atoms with Crippen LogP contribution in [0.5, 0.6) is 0 Å². The minimum absolute atomic E-state index is 0.601. The highest BCUT2D eigenvalue weighted by molar-refractivity contribution is 6.10. The van der Waals surface area contributed by atoms with Crippen LogP contribution < -0.4 is 15.3 Å². The molecule has 0 fully saturated rings. The van der Waals surface area contributed by atoms with Crippen LogP contribution in [0.25, 0.3) is 78.4 Å². The zero-order valence-electron chi connectivity index (χ0n) is 31.1. The van der Waals surface area contributed by atoms with Crippen molar-refractivity contribution in [2.45, 2.75) is 12.8 Å². The standard InChI is InChI=1S/C53H36N2O2/c1-4-13-35(14-5-1)36-23-25-40(26-24-36)55(41-27-29-44(37-15-6-2-7-16-37)47(31-41)45-22-12-20-38-17-10-11-21-43(38)45)42-28-30-46-48-33-52-49(34-51(48)56-50(46)32-42)54-53(57-52)39-18-8-3-9-19-39/h1-11,13-21,23-34H,12,22H2. The lowest BCUT2D eigenvalue weighted by atomic mass is 9.87. The molecule has 2 aromatic heterocycles. The van der Waals surface area contributed by atoms with Crippen molar-refractivity contribution in [3.63, 3.8) is 0 Å². The van der Waals surface area contributed by atoms with Crippen LogP contribution in [0.1, 0.15) is 18.4 Å². The molecule has 0 atom stereocenters. The predicted molar refractivity (Wildman–Crippen MR) is 234 cm³/mol. The Morgan fingerprint density at radius 2 is 1.07 bits per heavy atom. The van der Waals surface area contributed by atoms with E-state index in [-0.39, 0.29) is 0 Å². The van der Waals surface area contributed by atoms with Gasteiger partial charge in [0.15, 0.2) is 5.58 Å². The fourth-order valence-electron chi connectivity index (χ4n) is 8.44. The zero-order chi connectivity index (χ0) is 37.7. The molecule has 0 N–H and O–H groups in total. The van der Waals surface area contributed by atoms with Crippen molar-refractivity contribution in [1.29, 1.82) is 0 Å². The Labute approximate surface area is 329 Å². The van der Waals surface area contributed by atoms with Gasteiger partial charge in [-0.05, 0) is 111 Å². The molecular weight excluding hydrogens is 697 g/mol. The molecule has 57 heavy (non-hydrogen) atoms. The van der Waals surface area contributed by atoms with E-state index in [1.54, 1.807) is 0 Å². The van der Waals surface area contributed by atoms with E-state index >= 15 is 0 Å². The third-order valence-electron chi connectivity index (χ3n) is 11.2. The Balaban J connectivity index is 1.09. The summed E-state index contributed by atoms with van der Waals surface area (Å²) in [5.41, 5.74) is 14.6. The Morgan fingerprint density at radius 3 is 1.86 bits per heavy atom. The molecule has 10 aromatic rings. The maximum absolute atomic E-state index is 6.63. The third-order valence-corrected chi connectivity index (χ3v) is 11.2. The Morgan fingerprint density at radius 1 is 0.439 bits per heavy atom. The summed E-state index contributed by atoms with van der Waals surface area (Å²) in [5.74, 6) is 0.601. The van der Waals surface area contributed by atoms with Crippen molar-refractivity contribution in [1.82, 2.24) is 4.98 Å². The normalized spacial score (nSPS) is 12.5. The van der Waals surface area contributed by atoms with Crippen LogP contribution in [0.3, 0.4) is 0 Å². The van der Waals surface area contributed by atoms with E-state index in [2.05, 4.69) is 163 Å². The van der Waals surface area contributed by atoms with Crippen molar-refractivity contribution in [3.05, 3.63) is 204 Å². The highest BCUT2D eigenvalue weighted by Gasteiger charge is 2.21. The van der Waals surface area contributed by atoms with Gasteiger partial charge >= 0.3 is 0 Å². The van der Waals surface area contributed by atoms with E-state index in [0.717, 1.165) is 68.5 Å². The van der Waals surface area contributed by atoms with Crippen LogP contribution >= 0.6 is 0 Å². The van der Waals surface area contributed by atoms with Crippen LogP contribution in [-0.2, 0) is 0 Å². The lowest BCUT2D eigenvalue weighted by Crippen LogP contribution is -2.29. The molecule has 1 aliphatic carbocycles. The quantitative estimate of drug-likeness (QED) is 0.164. The van der Waals surface area contributed by atoms with Crippen molar-refractivity contribution < 1.29 is 8.83 Å². The largest absolute Gasteiger partial charge is 0.456 e. The first-order valence-electron chi connectivity index (χ1n) is 19.5. The molecule has 0 spiro atoms. The molecule has 0 radical (unpaired) electrons. The Bertz CT molecular complexity index is 3220. The second-order valence-electron chi connectivity index (χ2n) is 14.6. The molecular formula is C53H36N2O2. The molecule has 2 heterocycles. The summed E-state index contributed by atoms with van der Waals surface area (Å²) in [6.07, 6.45) is 4.34. The van der Waals surface area contributed by atoms with Gasteiger partial charge < -0.3 is 13.7 Å². The van der Waals surface area contributed by atoms with Gasteiger partial charge in [-0.3, -0.25) is 0 Å². The van der Waals surface area contributed by atoms with E-state index in [4.69, 9.17) is 13.8 Å². The molecule has 0 bridgehead atoms. The van der Waals surface area contributed by atoms with Gasteiger partial charge in [-0.1, -0.05) is 127 Å². The van der Waals surface area contributed by atoms with Gasteiger partial charge in [-0.25, -0.2) is 4.98 Å². The monoisotopic (exact) mass is 732 g/mol. The van der Waals surface area contributed by atoms with Crippen LogP contribution in [-0.4, -0.2) is 4.98 Å². The smallest absolute Gasteiger partial charge is 0.227 e. The van der Waals surface area contributed by atoms with E-state index in [9.17, 15) is 0 Å². The second-order valence-corrected chi connectivity index (χ2v) is 14.6. The summed E-state index contributed by atoms with van der Waals surface area (Å²) in [7, 11) is 0. The maximum atomic E-state index is 6.63. The molecule has 8 aromatic carbocycles. The van der Waals surface area contributed by atoms with Crippen LogP contribution in [0.15, 0.2) is 197 Å². The van der Waals surface area contributed by atoms with Gasteiger partial charge in [0.2, 0.25) is 5.89 Å². The van der Waals surface area contributed by atoms with Crippen molar-refractivity contribution in [2.75, 3.05) is 4.90 Å². The van der Waals surface area contributed by atoms with Crippen LogP contribution in [0.4, 0.5) is 17.1 Å². The number of anilines is 3. The number of furan rings is 1. The molecule has 1 aliphatic rings. The average Bonchev–Trinajstić information content (AvgIpc) is 3.87. The molecule has 270 valence electrons. The molecule has 4 nitrogen and oxygen atoms in total. The van der Waals surface area contributed by atoms with Gasteiger partial charge in [-0.2, -0.15) is 0 Å². The fourth-order valence-corrected chi connectivity index (χ4v) is 8.44. The number of nitrogens with zero attached hydrogens (tertiary/aromatic N) is 2. The summed E-state index contributed by atoms with van der Waals surface area (Å²) in [4.78, 5) is 7.16. The molecule has 4 heteroatoms. The number of aromatic nitrogens is 1. The number of hydrogen-bond donors (Lipinski definition) is 0. The number of benzene rings is 8. The van der Waals surface area contributed by atoms with Gasteiger partial charge in [0.1, 0.15) is 16.7 Å². The van der Waals surface area contributed by atoms with Crippen LogP contribution in [0, 0.1) is 0 Å². The topological polar surface area (TPSA) is 42.4 Å². The molecule has 0 saturated heterocycles. The number of rotatable bonds is 7. The van der Waals surface area contributed by atoms with Gasteiger partial charge in [0, 0.05) is 45.5 Å². The molecule has 0 unspecified atom stereocenters. The highest BCUT2D eigenvalue weighted by Crippen LogP contribution is 2.43. The lowest BCUT2D eigenvalue weighted by Gasteiger charge is -2.27. The minimum atomic E-state index is 0.601. The summed E-state index contributed by atoms with van der Waals surface area (Å²) >= 11 is 0. The molecule has 11 rings (SSSR count). The van der Waals surface area contributed by atoms with Crippen molar-refractivity contribution >= 4 is 61.7 Å². The summed E-state index contributed by atoms with van der Waals surface area (Å²) in [5, 5.41) is 4.62. The number of hydrogen-bond acceptors (Lipinski definition) is 4. The lowest BCUT2D eigenvalue weighted by molar-refractivity contribution is 0.620. The van der Waals surface area contributed by atoms with Gasteiger partial charge in [0.25, 0.3) is 0 Å². The van der Waals surface area contributed by atoms with Gasteiger partial charge in [0.05, 0.1) is 0 Å². The van der Waals surface area contributed by atoms with Crippen molar-refractivity contribution in [3.8, 4) is 33.7 Å². The third kappa shape index (κ3) is 5.90. The van der Waals surface area contributed by atoms with E-state index in [0.29, 0.717) is 5.89 Å². The van der Waals surface area contributed by atoms with E-state index in [1.165, 1.54) is 43.8 Å². The predicted octanol–water partition coefficient (Wildman–Crippen LogP) is 13.0. The highest BCUT2D eigenvalue weighted by atomic mass is 16.4. The first-order valence-corrected chi connectivity index (χ1v) is 19.5.